The molecular formula is C21H20ClF4N3O4. The Kier molecular flexibility index (Phi) is 6.85. The first kappa shape index (κ1) is 24.7. The van der Waals surface area contributed by atoms with E-state index in [1.807, 2.05) is 0 Å². The van der Waals surface area contributed by atoms with E-state index in [9.17, 15) is 27.2 Å². The fourth-order valence-electron chi connectivity index (χ4n) is 3.65. The number of rotatable bonds is 5. The zero-order valence-electron chi connectivity index (χ0n) is 17.7. The first-order valence-corrected chi connectivity index (χ1v) is 10.0. The van der Waals surface area contributed by atoms with Gasteiger partial charge in [-0.3, -0.25) is 14.6 Å². The predicted molar refractivity (Wildman–Crippen MR) is 111 cm³/mol. The lowest BCUT2D eigenvalue weighted by atomic mass is 9.86. The molecule has 12 heteroatoms. The SMILES string of the molecule is CNC(=O)c1cc(NC(=O)[C@H]2O[C@](C)(C(F)(F)F)C[C@@H]2c2ccc(F)c(Cl)c2OC)ccn1. The van der Waals surface area contributed by atoms with Crippen LogP contribution in [0.15, 0.2) is 30.5 Å². The molecule has 1 fully saturated rings. The number of benzene rings is 1. The molecule has 0 spiro atoms. The molecule has 2 amide bonds. The molecule has 2 aromatic rings. The van der Waals surface area contributed by atoms with Gasteiger partial charge >= 0.3 is 6.18 Å². The van der Waals surface area contributed by atoms with Crippen molar-refractivity contribution in [2.45, 2.75) is 37.1 Å². The van der Waals surface area contributed by atoms with Gasteiger partial charge in [0.15, 0.2) is 5.60 Å². The highest BCUT2D eigenvalue weighted by molar-refractivity contribution is 6.32. The van der Waals surface area contributed by atoms with Crippen molar-refractivity contribution in [2.24, 2.45) is 0 Å². The molecule has 0 aliphatic carbocycles. The number of anilines is 1. The largest absolute Gasteiger partial charge is 0.495 e. The van der Waals surface area contributed by atoms with Gasteiger partial charge in [-0.2, -0.15) is 13.2 Å². The second-order valence-electron chi connectivity index (χ2n) is 7.56. The normalized spacial score (nSPS) is 22.7. The molecule has 0 unspecified atom stereocenters. The van der Waals surface area contributed by atoms with E-state index in [0.29, 0.717) is 0 Å². The van der Waals surface area contributed by atoms with Crippen LogP contribution in [0.3, 0.4) is 0 Å². The lowest BCUT2D eigenvalue weighted by molar-refractivity contribution is -0.261. The van der Waals surface area contributed by atoms with Gasteiger partial charge in [-0.1, -0.05) is 17.7 Å². The number of hydrogen-bond acceptors (Lipinski definition) is 5. The summed E-state index contributed by atoms with van der Waals surface area (Å²) in [5.41, 5.74) is -2.44. The molecule has 0 radical (unpaired) electrons. The van der Waals surface area contributed by atoms with Gasteiger partial charge < -0.3 is 20.1 Å². The number of amides is 2. The Hall–Kier alpha value is -2.92. The Labute approximate surface area is 191 Å². The Balaban J connectivity index is 2.00. The lowest BCUT2D eigenvalue weighted by Gasteiger charge is -2.27. The van der Waals surface area contributed by atoms with Crippen molar-refractivity contribution < 1.29 is 36.6 Å². The zero-order chi connectivity index (χ0) is 24.6. The lowest BCUT2D eigenvalue weighted by Crippen LogP contribution is -2.43. The summed E-state index contributed by atoms with van der Waals surface area (Å²) in [5.74, 6) is -3.58. The number of nitrogens with zero attached hydrogens (tertiary/aromatic N) is 1. The summed E-state index contributed by atoms with van der Waals surface area (Å²) in [6.45, 7) is 0.834. The highest BCUT2D eigenvalue weighted by atomic mass is 35.5. The molecule has 3 atom stereocenters. The molecule has 1 aromatic carbocycles. The predicted octanol–water partition coefficient (Wildman–Crippen LogP) is 4.07. The number of nitrogens with one attached hydrogen (secondary N) is 2. The molecule has 2 heterocycles. The van der Waals surface area contributed by atoms with Gasteiger partial charge in [0.05, 0.1) is 7.11 Å². The van der Waals surface area contributed by atoms with Crippen molar-refractivity contribution in [1.82, 2.24) is 10.3 Å². The molecule has 3 rings (SSSR count). The topological polar surface area (TPSA) is 89.6 Å². The molecule has 178 valence electrons. The smallest absolute Gasteiger partial charge is 0.417 e. The van der Waals surface area contributed by atoms with Crippen LogP contribution < -0.4 is 15.4 Å². The standard InChI is InChI=1S/C21H20ClF4N3O4/c1-20(21(24,25)26)9-12(11-4-5-13(23)15(22)16(11)32-3)17(33-20)19(31)29-10-6-7-28-14(8-10)18(30)27-2/h4-8,12,17H,9H2,1-3H3,(H,27,30)(H,28,29,31)/t12-,17+,20+/m1/s1. The second-order valence-corrected chi connectivity index (χ2v) is 7.94. The molecule has 33 heavy (non-hydrogen) atoms. The van der Waals surface area contributed by atoms with E-state index in [4.69, 9.17) is 21.1 Å². The molecule has 2 N–H and O–H groups in total. The van der Waals surface area contributed by atoms with Crippen LogP contribution in [0.2, 0.25) is 5.02 Å². The van der Waals surface area contributed by atoms with E-state index < -0.39 is 52.9 Å². The third-order valence-electron chi connectivity index (χ3n) is 5.39. The average Bonchev–Trinajstić information content (AvgIpc) is 3.14. The second kappa shape index (κ2) is 9.14. The number of ether oxygens (including phenoxy) is 2. The van der Waals surface area contributed by atoms with Crippen LogP contribution in [0.5, 0.6) is 5.75 Å². The number of methoxy groups -OCH3 is 1. The van der Waals surface area contributed by atoms with Crippen LogP contribution in [0.25, 0.3) is 0 Å². The molecule has 0 bridgehead atoms. The van der Waals surface area contributed by atoms with Gasteiger partial charge in [-0.15, -0.1) is 0 Å². The molecular weight excluding hydrogens is 470 g/mol. The van der Waals surface area contributed by atoms with Gasteiger partial charge in [0.2, 0.25) is 0 Å². The number of alkyl halides is 3. The Morgan fingerprint density at radius 1 is 1.30 bits per heavy atom. The minimum Gasteiger partial charge on any atom is -0.495 e. The number of hydrogen-bond donors (Lipinski definition) is 2. The van der Waals surface area contributed by atoms with E-state index in [1.54, 1.807) is 0 Å². The van der Waals surface area contributed by atoms with Crippen molar-refractivity contribution in [3.8, 4) is 5.75 Å². The van der Waals surface area contributed by atoms with E-state index in [1.165, 1.54) is 38.6 Å². The summed E-state index contributed by atoms with van der Waals surface area (Å²) in [6, 6.07) is 4.83. The number of carbonyl (C=O) groups is 2. The first-order valence-electron chi connectivity index (χ1n) is 9.67. The monoisotopic (exact) mass is 489 g/mol. The van der Waals surface area contributed by atoms with E-state index in [-0.39, 0.29) is 22.7 Å². The zero-order valence-corrected chi connectivity index (χ0v) is 18.5. The van der Waals surface area contributed by atoms with Crippen LogP contribution >= 0.6 is 11.6 Å². The molecule has 7 nitrogen and oxygen atoms in total. The van der Waals surface area contributed by atoms with E-state index >= 15 is 0 Å². The maximum absolute atomic E-state index is 13.9. The number of aromatic nitrogens is 1. The van der Waals surface area contributed by atoms with Gasteiger partial charge in [0.1, 0.15) is 28.4 Å². The van der Waals surface area contributed by atoms with Crippen LogP contribution in [0.4, 0.5) is 23.2 Å². The fourth-order valence-corrected chi connectivity index (χ4v) is 3.90. The highest BCUT2D eigenvalue weighted by Gasteiger charge is 2.61. The minimum atomic E-state index is -4.79. The minimum absolute atomic E-state index is 0.00805. The Bertz CT molecular complexity index is 1080. The number of pyridine rings is 1. The van der Waals surface area contributed by atoms with Crippen molar-refractivity contribution in [1.29, 1.82) is 0 Å². The average molecular weight is 490 g/mol. The Morgan fingerprint density at radius 3 is 2.61 bits per heavy atom. The van der Waals surface area contributed by atoms with Crippen LogP contribution in [0, 0.1) is 5.82 Å². The van der Waals surface area contributed by atoms with Crippen LogP contribution in [0.1, 0.15) is 35.3 Å². The molecule has 1 saturated heterocycles. The van der Waals surface area contributed by atoms with Crippen molar-refractivity contribution in [2.75, 3.05) is 19.5 Å². The summed E-state index contributed by atoms with van der Waals surface area (Å²) in [7, 11) is 2.58. The highest BCUT2D eigenvalue weighted by Crippen LogP contribution is 2.52. The maximum atomic E-state index is 13.9. The quantitative estimate of drug-likeness (QED) is 0.618. The first-order chi connectivity index (χ1) is 15.4. The van der Waals surface area contributed by atoms with Gasteiger partial charge in [-0.05, 0) is 31.5 Å². The van der Waals surface area contributed by atoms with Crippen molar-refractivity contribution in [3.63, 3.8) is 0 Å². The third-order valence-corrected chi connectivity index (χ3v) is 5.74. The van der Waals surface area contributed by atoms with Gasteiger partial charge in [0.25, 0.3) is 11.8 Å². The van der Waals surface area contributed by atoms with Crippen molar-refractivity contribution in [3.05, 3.63) is 52.6 Å². The van der Waals surface area contributed by atoms with Crippen LogP contribution in [-0.2, 0) is 9.53 Å². The molecule has 1 aliphatic rings. The third kappa shape index (κ3) is 4.74. The summed E-state index contributed by atoms with van der Waals surface area (Å²) < 4.78 is 65.6. The summed E-state index contributed by atoms with van der Waals surface area (Å²) in [4.78, 5) is 28.7. The van der Waals surface area contributed by atoms with Gasteiger partial charge in [-0.25, -0.2) is 4.39 Å². The number of halogens is 5. The molecule has 1 aliphatic heterocycles. The Morgan fingerprint density at radius 2 is 2.00 bits per heavy atom. The van der Waals surface area contributed by atoms with Crippen molar-refractivity contribution >= 4 is 29.1 Å². The summed E-state index contributed by atoms with van der Waals surface area (Å²) in [5, 5.41) is 4.41. The maximum Gasteiger partial charge on any atom is 0.417 e. The fraction of sp³-hybridized carbons (Fsp3) is 0.381. The molecule has 0 saturated carbocycles. The van der Waals surface area contributed by atoms with Gasteiger partial charge in [0, 0.05) is 30.4 Å². The van der Waals surface area contributed by atoms with Crippen LogP contribution in [-0.4, -0.2) is 48.8 Å². The summed E-state index contributed by atoms with van der Waals surface area (Å²) >= 11 is 5.95. The van der Waals surface area contributed by atoms with E-state index in [2.05, 4.69) is 15.6 Å². The number of carbonyl (C=O) groups excluding carboxylic acids is 2. The van der Waals surface area contributed by atoms with E-state index in [0.717, 1.165) is 13.0 Å². The summed E-state index contributed by atoms with van der Waals surface area (Å²) in [6.07, 6.45) is -5.79. The molecule has 1 aromatic heterocycles.